The zero-order chi connectivity index (χ0) is 18.0. The Bertz CT molecular complexity index is 782. The van der Waals surface area contributed by atoms with Crippen molar-refractivity contribution in [3.63, 3.8) is 0 Å². The molecule has 2 aliphatic rings. The Morgan fingerprint density at radius 1 is 0.885 bits per heavy atom. The van der Waals surface area contributed by atoms with Gasteiger partial charge in [0, 0.05) is 13.0 Å². The molecular weight excluding hydrogens is 324 g/mol. The Labute approximate surface area is 154 Å². The molecule has 2 aromatic rings. The second kappa shape index (κ2) is 6.94. The normalized spacial score (nSPS) is 21.8. The minimum atomic E-state index is -0.681. The summed E-state index contributed by atoms with van der Waals surface area (Å²) in [5.41, 5.74) is 1.45. The fraction of sp³-hybridized carbons (Fsp3) is 0.364. The first-order chi connectivity index (χ1) is 12.7. The first kappa shape index (κ1) is 16.8. The van der Waals surface area contributed by atoms with E-state index in [1.165, 1.54) is 0 Å². The van der Waals surface area contributed by atoms with Crippen LogP contribution in [0, 0.1) is 0 Å². The van der Waals surface area contributed by atoms with E-state index in [1.807, 2.05) is 65.6 Å². The molecule has 4 heteroatoms. The molecule has 2 amide bonds. The van der Waals surface area contributed by atoms with E-state index in [0.29, 0.717) is 13.0 Å². The summed E-state index contributed by atoms with van der Waals surface area (Å²) in [5.74, 6) is 0.0608. The average molecular weight is 348 g/mol. The van der Waals surface area contributed by atoms with E-state index in [2.05, 4.69) is 5.32 Å². The van der Waals surface area contributed by atoms with E-state index in [0.717, 1.165) is 36.8 Å². The van der Waals surface area contributed by atoms with Crippen molar-refractivity contribution in [3.05, 3.63) is 71.8 Å². The second-order valence-corrected chi connectivity index (χ2v) is 7.40. The molecule has 0 bridgehead atoms. The van der Waals surface area contributed by atoms with Crippen molar-refractivity contribution < 1.29 is 9.59 Å². The van der Waals surface area contributed by atoms with Crippen molar-refractivity contribution in [2.75, 3.05) is 0 Å². The lowest BCUT2D eigenvalue weighted by Gasteiger charge is -2.44. The SMILES string of the molecule is O=C1NC2(CCCC2)C(=O)N(Cc2ccccc2)C1Cc1ccccc1. The highest BCUT2D eigenvalue weighted by atomic mass is 16.2. The lowest BCUT2D eigenvalue weighted by molar-refractivity contribution is -0.155. The number of hydrogen-bond acceptors (Lipinski definition) is 2. The Morgan fingerprint density at radius 3 is 2.08 bits per heavy atom. The number of carbonyl (C=O) groups excluding carboxylic acids is 2. The number of hydrogen-bond donors (Lipinski definition) is 1. The summed E-state index contributed by atoms with van der Waals surface area (Å²) < 4.78 is 0. The molecule has 1 aliphatic heterocycles. The molecule has 1 atom stereocenters. The van der Waals surface area contributed by atoms with Gasteiger partial charge in [0.25, 0.3) is 0 Å². The zero-order valence-electron chi connectivity index (χ0n) is 14.9. The molecule has 0 radical (unpaired) electrons. The van der Waals surface area contributed by atoms with Gasteiger partial charge in [0.15, 0.2) is 0 Å². The van der Waals surface area contributed by atoms with E-state index < -0.39 is 11.6 Å². The fourth-order valence-corrected chi connectivity index (χ4v) is 4.25. The maximum atomic E-state index is 13.4. The van der Waals surface area contributed by atoms with Gasteiger partial charge in [-0.15, -0.1) is 0 Å². The molecule has 26 heavy (non-hydrogen) atoms. The first-order valence-electron chi connectivity index (χ1n) is 9.39. The van der Waals surface area contributed by atoms with Crippen LogP contribution in [0.2, 0.25) is 0 Å². The van der Waals surface area contributed by atoms with Crippen LogP contribution in [0.5, 0.6) is 0 Å². The zero-order valence-corrected chi connectivity index (χ0v) is 14.9. The fourth-order valence-electron chi connectivity index (χ4n) is 4.25. The molecule has 4 rings (SSSR count). The molecule has 0 aromatic heterocycles. The Morgan fingerprint density at radius 2 is 1.46 bits per heavy atom. The summed E-state index contributed by atoms with van der Waals surface area (Å²) in [6, 6.07) is 19.4. The number of nitrogens with zero attached hydrogens (tertiary/aromatic N) is 1. The van der Waals surface area contributed by atoms with Crippen molar-refractivity contribution in [1.29, 1.82) is 0 Å². The van der Waals surface area contributed by atoms with Gasteiger partial charge in [0.05, 0.1) is 0 Å². The van der Waals surface area contributed by atoms with Gasteiger partial charge < -0.3 is 10.2 Å². The molecule has 1 heterocycles. The van der Waals surface area contributed by atoms with E-state index >= 15 is 0 Å². The standard InChI is InChI=1S/C22H24N2O2/c25-20-19(15-17-9-3-1-4-10-17)24(16-18-11-5-2-6-12-18)21(26)22(23-20)13-7-8-14-22/h1-6,9-12,19H,7-8,13-16H2,(H,23,25). The highest BCUT2D eigenvalue weighted by Gasteiger charge is 2.51. The smallest absolute Gasteiger partial charge is 0.249 e. The number of benzene rings is 2. The van der Waals surface area contributed by atoms with E-state index in [4.69, 9.17) is 0 Å². The second-order valence-electron chi connectivity index (χ2n) is 7.40. The number of rotatable bonds is 4. The molecule has 1 N–H and O–H groups in total. The number of nitrogens with one attached hydrogen (secondary N) is 1. The highest BCUT2D eigenvalue weighted by Crippen LogP contribution is 2.35. The van der Waals surface area contributed by atoms with Crippen LogP contribution in [-0.4, -0.2) is 28.3 Å². The monoisotopic (exact) mass is 348 g/mol. The molecule has 1 saturated carbocycles. The molecular formula is C22H24N2O2. The third-order valence-corrected chi connectivity index (χ3v) is 5.64. The molecule has 2 fully saturated rings. The van der Waals surface area contributed by atoms with Crippen LogP contribution in [-0.2, 0) is 22.6 Å². The van der Waals surface area contributed by atoms with Crippen molar-refractivity contribution in [1.82, 2.24) is 10.2 Å². The van der Waals surface area contributed by atoms with Gasteiger partial charge in [-0.1, -0.05) is 73.5 Å². The minimum absolute atomic E-state index is 0.0220. The summed E-state index contributed by atoms with van der Waals surface area (Å²) in [5, 5.41) is 3.10. The maximum absolute atomic E-state index is 13.4. The summed E-state index contributed by atoms with van der Waals surface area (Å²) >= 11 is 0. The Balaban J connectivity index is 1.66. The van der Waals surface area contributed by atoms with E-state index in [1.54, 1.807) is 0 Å². The average Bonchev–Trinajstić information content (AvgIpc) is 3.14. The van der Waals surface area contributed by atoms with Crippen molar-refractivity contribution >= 4 is 11.8 Å². The number of amides is 2. The molecule has 1 unspecified atom stereocenters. The molecule has 1 saturated heterocycles. The largest absolute Gasteiger partial charge is 0.340 e. The van der Waals surface area contributed by atoms with Crippen LogP contribution in [0.4, 0.5) is 0 Å². The van der Waals surface area contributed by atoms with E-state index in [-0.39, 0.29) is 11.8 Å². The van der Waals surface area contributed by atoms with Crippen LogP contribution in [0.1, 0.15) is 36.8 Å². The third kappa shape index (κ3) is 3.12. The minimum Gasteiger partial charge on any atom is -0.340 e. The Hall–Kier alpha value is -2.62. The first-order valence-corrected chi connectivity index (χ1v) is 9.39. The number of piperazine rings is 1. The van der Waals surface area contributed by atoms with Crippen LogP contribution in [0.15, 0.2) is 60.7 Å². The topological polar surface area (TPSA) is 49.4 Å². The summed E-state index contributed by atoms with van der Waals surface area (Å²) in [6.45, 7) is 0.479. The third-order valence-electron chi connectivity index (χ3n) is 5.64. The van der Waals surface area contributed by atoms with Gasteiger partial charge in [0.1, 0.15) is 11.6 Å². The van der Waals surface area contributed by atoms with Crippen LogP contribution in [0.25, 0.3) is 0 Å². The summed E-state index contributed by atoms with van der Waals surface area (Å²) in [4.78, 5) is 28.2. The van der Waals surface area contributed by atoms with Gasteiger partial charge in [-0.05, 0) is 24.0 Å². The molecule has 2 aromatic carbocycles. The molecule has 134 valence electrons. The summed E-state index contributed by atoms with van der Waals surface area (Å²) in [6.07, 6.45) is 4.03. The maximum Gasteiger partial charge on any atom is 0.249 e. The quantitative estimate of drug-likeness (QED) is 0.923. The predicted molar refractivity (Wildman–Crippen MR) is 100 cm³/mol. The molecule has 4 nitrogen and oxygen atoms in total. The van der Waals surface area contributed by atoms with Crippen molar-refractivity contribution in [2.45, 2.75) is 50.2 Å². The predicted octanol–water partition coefficient (Wildman–Crippen LogP) is 3.07. The number of carbonyl (C=O) groups is 2. The van der Waals surface area contributed by atoms with Crippen LogP contribution < -0.4 is 5.32 Å². The van der Waals surface area contributed by atoms with E-state index in [9.17, 15) is 9.59 Å². The van der Waals surface area contributed by atoms with Gasteiger partial charge in [0.2, 0.25) is 11.8 Å². The molecule has 1 aliphatic carbocycles. The van der Waals surface area contributed by atoms with Crippen LogP contribution in [0.3, 0.4) is 0 Å². The highest BCUT2D eigenvalue weighted by molar-refractivity contribution is 6.00. The van der Waals surface area contributed by atoms with Crippen molar-refractivity contribution in [2.24, 2.45) is 0 Å². The van der Waals surface area contributed by atoms with Gasteiger partial charge in [-0.3, -0.25) is 9.59 Å². The van der Waals surface area contributed by atoms with Crippen LogP contribution >= 0.6 is 0 Å². The molecule has 1 spiro atoms. The lowest BCUT2D eigenvalue weighted by atomic mass is 9.88. The lowest BCUT2D eigenvalue weighted by Crippen LogP contribution is -2.69. The summed E-state index contributed by atoms with van der Waals surface area (Å²) in [7, 11) is 0. The van der Waals surface area contributed by atoms with Gasteiger partial charge in [-0.2, -0.15) is 0 Å². The Kier molecular flexibility index (Phi) is 4.49. The van der Waals surface area contributed by atoms with Gasteiger partial charge in [-0.25, -0.2) is 0 Å². The van der Waals surface area contributed by atoms with Crippen molar-refractivity contribution in [3.8, 4) is 0 Å². The van der Waals surface area contributed by atoms with Gasteiger partial charge >= 0.3 is 0 Å².